The summed E-state index contributed by atoms with van der Waals surface area (Å²) in [7, 11) is 0. The van der Waals surface area contributed by atoms with Crippen LogP contribution >= 0.6 is 11.6 Å². The Bertz CT molecular complexity index is 1060. The Morgan fingerprint density at radius 2 is 1.90 bits per heavy atom. The maximum atomic E-state index is 13.0. The summed E-state index contributed by atoms with van der Waals surface area (Å²) in [6.45, 7) is 5.45. The van der Waals surface area contributed by atoms with Crippen LogP contribution in [0.2, 0.25) is 5.02 Å². The highest BCUT2D eigenvalue weighted by molar-refractivity contribution is 6.31. The van der Waals surface area contributed by atoms with Gasteiger partial charge in [0, 0.05) is 28.9 Å². The number of hydrogen-bond acceptors (Lipinski definition) is 4. The van der Waals surface area contributed by atoms with Crippen LogP contribution in [0.5, 0.6) is 11.5 Å². The van der Waals surface area contributed by atoms with E-state index in [9.17, 15) is 4.79 Å². The number of nitrogens with zero attached hydrogens (tertiary/aromatic N) is 2. The minimum atomic E-state index is -0.208. The quantitative estimate of drug-likeness (QED) is 0.680. The Kier molecular flexibility index (Phi) is 5.45. The maximum Gasteiger partial charge on any atom is 0.259 e. The fourth-order valence-electron chi connectivity index (χ4n) is 3.40. The number of benzene rings is 2. The van der Waals surface area contributed by atoms with Crippen LogP contribution in [-0.4, -0.2) is 28.9 Å². The molecule has 3 aromatic rings. The standard InChI is InChI=1S/C22H22ClN3O3/c1-14-21(15(2)26(25-14)13-16-6-3-4-7-18(16)23)22(27)24-17-8-9-19-20(12-17)29-11-5-10-28-19/h3-4,6-9,12H,5,10-11,13H2,1-2H3,(H,24,27). The number of nitrogens with one attached hydrogen (secondary N) is 1. The molecule has 1 N–H and O–H groups in total. The molecule has 7 heteroatoms. The third-order valence-electron chi connectivity index (χ3n) is 4.89. The van der Waals surface area contributed by atoms with Crippen LogP contribution in [0.25, 0.3) is 0 Å². The van der Waals surface area contributed by atoms with Gasteiger partial charge in [0.2, 0.25) is 0 Å². The first-order chi connectivity index (χ1) is 14.0. The highest BCUT2D eigenvalue weighted by atomic mass is 35.5. The molecule has 0 radical (unpaired) electrons. The number of fused-ring (bicyclic) bond motifs is 1. The van der Waals surface area contributed by atoms with Crippen molar-refractivity contribution in [3.05, 3.63) is 70.0 Å². The Morgan fingerprint density at radius 3 is 2.69 bits per heavy atom. The summed E-state index contributed by atoms with van der Waals surface area (Å²) in [5, 5.41) is 8.17. The minimum absolute atomic E-state index is 0.208. The van der Waals surface area contributed by atoms with Crippen LogP contribution in [-0.2, 0) is 6.54 Å². The molecule has 4 rings (SSSR count). The highest BCUT2D eigenvalue weighted by Gasteiger charge is 2.20. The summed E-state index contributed by atoms with van der Waals surface area (Å²) < 4.78 is 13.1. The van der Waals surface area contributed by atoms with Crippen LogP contribution in [0.1, 0.15) is 33.7 Å². The molecule has 0 aliphatic carbocycles. The molecular formula is C22H22ClN3O3. The molecule has 1 amide bonds. The molecule has 2 aromatic carbocycles. The van der Waals surface area contributed by atoms with Crippen LogP contribution < -0.4 is 14.8 Å². The summed E-state index contributed by atoms with van der Waals surface area (Å²) in [6.07, 6.45) is 0.833. The number of aryl methyl sites for hydroxylation is 1. The minimum Gasteiger partial charge on any atom is -0.490 e. The number of ether oxygens (including phenoxy) is 2. The Morgan fingerprint density at radius 1 is 1.14 bits per heavy atom. The monoisotopic (exact) mass is 411 g/mol. The molecule has 29 heavy (non-hydrogen) atoms. The lowest BCUT2D eigenvalue weighted by Crippen LogP contribution is -2.14. The van der Waals surface area contributed by atoms with Crippen LogP contribution in [0.4, 0.5) is 5.69 Å². The number of aromatic nitrogens is 2. The van der Waals surface area contributed by atoms with Crippen molar-refractivity contribution in [2.75, 3.05) is 18.5 Å². The van der Waals surface area contributed by atoms with Gasteiger partial charge >= 0.3 is 0 Å². The fourth-order valence-corrected chi connectivity index (χ4v) is 3.60. The topological polar surface area (TPSA) is 65.4 Å². The molecule has 6 nitrogen and oxygen atoms in total. The van der Waals surface area contributed by atoms with Gasteiger partial charge in [-0.3, -0.25) is 9.48 Å². The lowest BCUT2D eigenvalue weighted by Gasteiger charge is -2.11. The van der Waals surface area contributed by atoms with Gasteiger partial charge in [0.1, 0.15) is 0 Å². The van der Waals surface area contributed by atoms with E-state index in [1.165, 1.54) is 0 Å². The SMILES string of the molecule is Cc1nn(Cc2ccccc2Cl)c(C)c1C(=O)Nc1ccc2c(c1)OCCCO2. The van der Waals surface area contributed by atoms with E-state index in [-0.39, 0.29) is 5.91 Å². The van der Waals surface area contributed by atoms with Crippen molar-refractivity contribution >= 4 is 23.2 Å². The van der Waals surface area contributed by atoms with Gasteiger partial charge in [0.15, 0.2) is 11.5 Å². The van der Waals surface area contributed by atoms with Gasteiger partial charge < -0.3 is 14.8 Å². The third kappa shape index (κ3) is 4.07. The number of anilines is 1. The second-order valence-corrected chi connectivity index (χ2v) is 7.37. The molecule has 2 heterocycles. The second-order valence-electron chi connectivity index (χ2n) is 6.96. The average molecular weight is 412 g/mol. The van der Waals surface area contributed by atoms with E-state index in [1.54, 1.807) is 10.7 Å². The lowest BCUT2D eigenvalue weighted by atomic mass is 10.1. The normalized spacial score (nSPS) is 13.1. The van der Waals surface area contributed by atoms with Crippen LogP contribution in [0.15, 0.2) is 42.5 Å². The van der Waals surface area contributed by atoms with Crippen molar-refractivity contribution in [3.63, 3.8) is 0 Å². The van der Waals surface area contributed by atoms with Gasteiger partial charge in [0.25, 0.3) is 5.91 Å². The zero-order chi connectivity index (χ0) is 20.4. The zero-order valence-corrected chi connectivity index (χ0v) is 17.1. The smallest absolute Gasteiger partial charge is 0.259 e. The summed E-state index contributed by atoms with van der Waals surface area (Å²) in [5.74, 6) is 1.13. The molecule has 0 atom stereocenters. The van der Waals surface area contributed by atoms with E-state index < -0.39 is 0 Å². The van der Waals surface area contributed by atoms with Crippen molar-refractivity contribution in [3.8, 4) is 11.5 Å². The number of hydrogen-bond donors (Lipinski definition) is 1. The average Bonchev–Trinajstić information content (AvgIpc) is 2.85. The molecule has 0 fully saturated rings. The summed E-state index contributed by atoms with van der Waals surface area (Å²) >= 11 is 6.27. The van der Waals surface area contributed by atoms with E-state index in [4.69, 9.17) is 21.1 Å². The number of rotatable bonds is 4. The predicted molar refractivity (Wildman–Crippen MR) is 112 cm³/mol. The number of halogens is 1. The molecule has 0 saturated heterocycles. The van der Waals surface area contributed by atoms with E-state index in [0.717, 1.165) is 17.7 Å². The van der Waals surface area contributed by atoms with Gasteiger partial charge in [-0.25, -0.2) is 0 Å². The first-order valence-electron chi connectivity index (χ1n) is 9.51. The van der Waals surface area contributed by atoms with E-state index in [2.05, 4.69) is 10.4 Å². The predicted octanol–water partition coefficient (Wildman–Crippen LogP) is 4.62. The molecule has 150 valence electrons. The zero-order valence-electron chi connectivity index (χ0n) is 16.4. The van der Waals surface area contributed by atoms with E-state index in [0.29, 0.717) is 53.2 Å². The van der Waals surface area contributed by atoms with Gasteiger partial charge in [-0.15, -0.1) is 0 Å². The van der Waals surface area contributed by atoms with Crippen molar-refractivity contribution in [1.82, 2.24) is 9.78 Å². The first-order valence-corrected chi connectivity index (χ1v) is 9.89. The van der Waals surface area contributed by atoms with E-state index >= 15 is 0 Å². The van der Waals surface area contributed by atoms with Crippen LogP contribution in [0.3, 0.4) is 0 Å². The Hall–Kier alpha value is -2.99. The molecule has 0 bridgehead atoms. The third-order valence-corrected chi connectivity index (χ3v) is 5.26. The van der Waals surface area contributed by atoms with Crippen molar-refractivity contribution < 1.29 is 14.3 Å². The van der Waals surface area contributed by atoms with Crippen molar-refractivity contribution in [2.45, 2.75) is 26.8 Å². The number of carbonyl (C=O) groups is 1. The van der Waals surface area contributed by atoms with Crippen molar-refractivity contribution in [2.24, 2.45) is 0 Å². The molecule has 1 aromatic heterocycles. The van der Waals surface area contributed by atoms with Gasteiger partial charge in [-0.2, -0.15) is 5.10 Å². The molecular weight excluding hydrogens is 390 g/mol. The first kappa shape index (κ1) is 19.3. The number of amides is 1. The summed E-state index contributed by atoms with van der Waals surface area (Å²) in [6, 6.07) is 13.0. The van der Waals surface area contributed by atoms with Crippen LogP contribution in [0, 0.1) is 13.8 Å². The van der Waals surface area contributed by atoms with Gasteiger partial charge in [-0.1, -0.05) is 29.8 Å². The Balaban J connectivity index is 1.56. The largest absolute Gasteiger partial charge is 0.490 e. The molecule has 0 spiro atoms. The van der Waals surface area contributed by atoms with Crippen molar-refractivity contribution in [1.29, 1.82) is 0 Å². The maximum absolute atomic E-state index is 13.0. The van der Waals surface area contributed by atoms with E-state index in [1.807, 2.05) is 50.2 Å². The number of carbonyl (C=O) groups excluding carboxylic acids is 1. The highest BCUT2D eigenvalue weighted by Crippen LogP contribution is 2.32. The fraction of sp³-hybridized carbons (Fsp3) is 0.273. The molecule has 1 aliphatic rings. The lowest BCUT2D eigenvalue weighted by molar-refractivity contribution is 0.102. The summed E-state index contributed by atoms with van der Waals surface area (Å²) in [4.78, 5) is 13.0. The molecule has 0 saturated carbocycles. The second kappa shape index (κ2) is 8.17. The molecule has 0 unspecified atom stereocenters. The summed E-state index contributed by atoms with van der Waals surface area (Å²) in [5.41, 5.74) is 3.62. The Labute approximate surface area is 174 Å². The molecule has 1 aliphatic heterocycles. The van der Waals surface area contributed by atoms with Gasteiger partial charge in [-0.05, 0) is 37.6 Å². The van der Waals surface area contributed by atoms with Gasteiger partial charge in [0.05, 0.1) is 31.0 Å².